The van der Waals surface area contributed by atoms with Gasteiger partial charge in [0.15, 0.2) is 16.6 Å². The molecule has 45 heavy (non-hydrogen) atoms. The van der Waals surface area contributed by atoms with Crippen molar-refractivity contribution in [2.24, 2.45) is 17.3 Å². The van der Waals surface area contributed by atoms with Crippen molar-refractivity contribution in [2.75, 3.05) is 6.26 Å². The average Bonchev–Trinajstić information content (AvgIpc) is 3.12. The van der Waals surface area contributed by atoms with Gasteiger partial charge in [-0.15, -0.1) is 0 Å². The summed E-state index contributed by atoms with van der Waals surface area (Å²) in [5.74, 6) is -0.883. The molecule has 2 fully saturated rings. The van der Waals surface area contributed by atoms with Crippen LogP contribution in [0.15, 0.2) is 24.3 Å². The summed E-state index contributed by atoms with van der Waals surface area (Å²) in [5.41, 5.74) is 0.215. The van der Waals surface area contributed by atoms with E-state index >= 15 is 0 Å². The summed E-state index contributed by atoms with van der Waals surface area (Å²) in [5, 5.41) is 9.12. The van der Waals surface area contributed by atoms with Gasteiger partial charge < -0.3 is 14.0 Å². The quantitative estimate of drug-likeness (QED) is 0.0704. The van der Waals surface area contributed by atoms with Gasteiger partial charge in [-0.05, 0) is 92.5 Å². The number of aliphatic carboxylic acids is 1. The predicted octanol–water partition coefficient (Wildman–Crippen LogP) is 9.48. The zero-order valence-corrected chi connectivity index (χ0v) is 33.4. The highest BCUT2D eigenvalue weighted by Gasteiger charge is 2.50. The second-order valence-corrected chi connectivity index (χ2v) is 27.9. The SMILES string of the molecule is CCC1(C(CC=C[C@@H]2[C@@H](CC=CCCCC(=O)O)[C@@H](OS(C)(=O)=O)C[C@H]2O[Si](C)(C)C(C)(C)C)O[Si](C)(C)C(C)(C)C)CCC1. The Bertz CT molecular complexity index is 1120. The Morgan fingerprint density at radius 2 is 1.58 bits per heavy atom. The highest BCUT2D eigenvalue weighted by molar-refractivity contribution is 7.86. The number of carbonyl (C=O) groups is 1. The monoisotopic (exact) mass is 686 g/mol. The lowest BCUT2D eigenvalue weighted by Gasteiger charge is -2.51. The van der Waals surface area contributed by atoms with Crippen LogP contribution in [-0.4, -0.2) is 60.7 Å². The molecule has 0 amide bonds. The van der Waals surface area contributed by atoms with E-state index in [-0.39, 0.29) is 46.0 Å². The third kappa shape index (κ3) is 11.4. The number of carboxylic acid groups (broad SMARTS) is 1. The highest BCUT2D eigenvalue weighted by atomic mass is 32.2. The molecule has 0 radical (unpaired) electrons. The van der Waals surface area contributed by atoms with E-state index in [9.17, 15) is 13.2 Å². The third-order valence-corrected chi connectivity index (χ3v) is 21.0. The molecule has 0 aliphatic heterocycles. The molecular formula is C35H66O7SSi2. The van der Waals surface area contributed by atoms with Crippen LogP contribution < -0.4 is 0 Å². The van der Waals surface area contributed by atoms with E-state index in [0.717, 1.165) is 19.1 Å². The first-order valence-electron chi connectivity index (χ1n) is 17.2. The van der Waals surface area contributed by atoms with Crippen molar-refractivity contribution >= 4 is 32.7 Å². The fourth-order valence-corrected chi connectivity index (χ4v) is 9.71. The largest absolute Gasteiger partial charge is 0.481 e. The molecule has 0 aromatic rings. The first kappa shape index (κ1) is 40.4. The Balaban J connectivity index is 2.45. The number of allylic oxidation sites excluding steroid dienone is 2. The zero-order chi connectivity index (χ0) is 34.5. The molecule has 1 N–H and O–H groups in total. The zero-order valence-electron chi connectivity index (χ0n) is 30.6. The van der Waals surface area contributed by atoms with Gasteiger partial charge in [0, 0.05) is 18.8 Å². The molecule has 262 valence electrons. The van der Waals surface area contributed by atoms with E-state index in [1.807, 2.05) is 6.08 Å². The highest BCUT2D eigenvalue weighted by Crippen LogP contribution is 2.52. The first-order chi connectivity index (χ1) is 20.4. The van der Waals surface area contributed by atoms with Crippen molar-refractivity contribution in [2.45, 2.75) is 167 Å². The smallest absolute Gasteiger partial charge is 0.303 e. The third-order valence-electron chi connectivity index (χ3n) is 11.4. The van der Waals surface area contributed by atoms with E-state index < -0.39 is 38.8 Å². The molecule has 10 heteroatoms. The molecule has 7 nitrogen and oxygen atoms in total. The minimum atomic E-state index is -3.67. The molecule has 0 bridgehead atoms. The summed E-state index contributed by atoms with van der Waals surface area (Å²) in [6.45, 7) is 25.1. The van der Waals surface area contributed by atoms with Crippen molar-refractivity contribution in [1.29, 1.82) is 0 Å². The van der Waals surface area contributed by atoms with Gasteiger partial charge in [0.05, 0.1) is 24.6 Å². The van der Waals surface area contributed by atoms with E-state index in [2.05, 4.69) is 92.9 Å². The lowest BCUT2D eigenvalue weighted by Crippen LogP contribution is -2.51. The van der Waals surface area contributed by atoms with Gasteiger partial charge in [-0.2, -0.15) is 8.42 Å². The Labute approximate surface area is 278 Å². The Morgan fingerprint density at radius 3 is 2.04 bits per heavy atom. The molecule has 2 saturated carbocycles. The van der Waals surface area contributed by atoms with Gasteiger partial charge in [0.1, 0.15) is 0 Å². The summed E-state index contributed by atoms with van der Waals surface area (Å²) in [7, 11) is -7.83. The summed E-state index contributed by atoms with van der Waals surface area (Å²) >= 11 is 0. The Hall–Kier alpha value is -0.786. The van der Waals surface area contributed by atoms with Crippen LogP contribution in [0.4, 0.5) is 0 Å². The van der Waals surface area contributed by atoms with Gasteiger partial charge in [-0.3, -0.25) is 8.98 Å². The van der Waals surface area contributed by atoms with Gasteiger partial charge in [0.25, 0.3) is 10.1 Å². The molecule has 0 aromatic heterocycles. The van der Waals surface area contributed by atoms with Crippen LogP contribution in [0.25, 0.3) is 0 Å². The summed E-state index contributed by atoms with van der Waals surface area (Å²) in [4.78, 5) is 10.9. The second-order valence-electron chi connectivity index (χ2n) is 16.8. The van der Waals surface area contributed by atoms with Crippen LogP contribution >= 0.6 is 0 Å². The van der Waals surface area contributed by atoms with Crippen molar-refractivity contribution in [3.63, 3.8) is 0 Å². The van der Waals surface area contributed by atoms with E-state index in [0.29, 0.717) is 25.7 Å². The van der Waals surface area contributed by atoms with Crippen LogP contribution in [0.2, 0.25) is 36.3 Å². The minimum Gasteiger partial charge on any atom is -0.481 e. The lowest BCUT2D eigenvalue weighted by molar-refractivity contribution is -0.137. The second kappa shape index (κ2) is 15.6. The number of rotatable bonds is 17. The first-order valence-corrected chi connectivity index (χ1v) is 24.9. The summed E-state index contributed by atoms with van der Waals surface area (Å²) in [6.07, 6.45) is 17.5. The van der Waals surface area contributed by atoms with Crippen LogP contribution in [0.1, 0.15) is 113 Å². The maximum absolute atomic E-state index is 12.4. The average molecular weight is 687 g/mol. The van der Waals surface area contributed by atoms with Crippen LogP contribution in [0.5, 0.6) is 0 Å². The molecule has 0 spiro atoms. The van der Waals surface area contributed by atoms with Gasteiger partial charge in [-0.1, -0.05) is 79.2 Å². The van der Waals surface area contributed by atoms with Crippen molar-refractivity contribution in [3.05, 3.63) is 24.3 Å². The maximum Gasteiger partial charge on any atom is 0.303 e. The predicted molar refractivity (Wildman–Crippen MR) is 191 cm³/mol. The topological polar surface area (TPSA) is 99.1 Å². The van der Waals surface area contributed by atoms with E-state index in [1.165, 1.54) is 19.3 Å². The molecule has 2 aliphatic rings. The minimum absolute atomic E-state index is 0.0103. The van der Waals surface area contributed by atoms with Crippen molar-refractivity contribution in [1.82, 2.24) is 0 Å². The van der Waals surface area contributed by atoms with E-state index in [4.69, 9.17) is 18.1 Å². The van der Waals surface area contributed by atoms with Crippen LogP contribution in [0.3, 0.4) is 0 Å². The summed E-state index contributed by atoms with van der Waals surface area (Å²) < 4.78 is 44.8. The molecule has 2 rings (SSSR count). The normalized spacial score (nSPS) is 25.6. The molecule has 5 atom stereocenters. The van der Waals surface area contributed by atoms with Gasteiger partial charge >= 0.3 is 5.97 Å². The summed E-state index contributed by atoms with van der Waals surface area (Å²) in [6, 6.07) is 0. The molecular weight excluding hydrogens is 621 g/mol. The Kier molecular flexibility index (Phi) is 14.0. The number of hydrogen-bond acceptors (Lipinski definition) is 6. The standard InChI is InChI=1S/C35H66O7SSi2/c1-13-35(24-19-25-35)31(42-45(11,12)34(5,6)7)22-18-21-28-27(20-16-14-15-17-23-32(36)37)29(40-43(8,38)39)26-30(28)41-44(9,10)33(2,3)4/h14,16,18,21,27-31H,13,15,17,19-20,22-26H2,1-12H3,(H,36,37)/t27-,28-,29+,30-,31?/m1/s1. The number of carboxylic acids is 1. The van der Waals surface area contributed by atoms with Crippen LogP contribution in [0, 0.1) is 17.3 Å². The van der Waals surface area contributed by atoms with Crippen molar-refractivity contribution in [3.8, 4) is 0 Å². The molecule has 0 heterocycles. The lowest BCUT2D eigenvalue weighted by atomic mass is 9.63. The maximum atomic E-state index is 12.4. The molecule has 2 aliphatic carbocycles. The van der Waals surface area contributed by atoms with Gasteiger partial charge in [0.2, 0.25) is 0 Å². The van der Waals surface area contributed by atoms with Crippen LogP contribution in [-0.2, 0) is 27.9 Å². The number of unbranched alkanes of at least 4 members (excludes halogenated alkanes) is 1. The van der Waals surface area contributed by atoms with Gasteiger partial charge in [-0.25, -0.2) is 0 Å². The Morgan fingerprint density at radius 1 is 0.978 bits per heavy atom. The van der Waals surface area contributed by atoms with E-state index in [1.54, 1.807) is 0 Å². The van der Waals surface area contributed by atoms with Crippen molar-refractivity contribution < 1.29 is 31.4 Å². The molecule has 0 saturated heterocycles. The molecule has 1 unspecified atom stereocenters. The fraction of sp³-hybridized carbons (Fsp3) is 0.857. The number of hydrogen-bond donors (Lipinski definition) is 1. The fourth-order valence-electron chi connectivity index (χ4n) is 6.27. The molecule has 0 aromatic carbocycles.